The van der Waals surface area contributed by atoms with Crippen LogP contribution in [0.15, 0.2) is 42.5 Å². The van der Waals surface area contributed by atoms with Gasteiger partial charge in [0.1, 0.15) is 12.4 Å². The third-order valence-electron chi connectivity index (χ3n) is 4.47. The van der Waals surface area contributed by atoms with Crippen molar-refractivity contribution < 1.29 is 14.3 Å². The first-order valence-corrected chi connectivity index (χ1v) is 9.35. The summed E-state index contributed by atoms with van der Waals surface area (Å²) in [6.07, 6.45) is 0.844. The van der Waals surface area contributed by atoms with E-state index in [4.69, 9.17) is 16.3 Å². The number of halogens is 1. The molecule has 2 aromatic carbocycles. The highest BCUT2D eigenvalue weighted by molar-refractivity contribution is 6.30. The Hall–Kier alpha value is -2.53. The predicted molar refractivity (Wildman–Crippen MR) is 108 cm³/mol. The molecule has 2 amide bonds. The molecule has 1 aliphatic heterocycles. The normalized spacial score (nSPS) is 15.6. The molecule has 0 saturated heterocycles. The van der Waals surface area contributed by atoms with E-state index in [-0.39, 0.29) is 18.4 Å². The summed E-state index contributed by atoms with van der Waals surface area (Å²) in [5.74, 6) is 0.402. The van der Waals surface area contributed by atoms with E-state index in [0.717, 1.165) is 12.1 Å². The van der Waals surface area contributed by atoms with Gasteiger partial charge < -0.3 is 15.0 Å². The van der Waals surface area contributed by atoms with E-state index in [0.29, 0.717) is 28.6 Å². The van der Waals surface area contributed by atoms with Crippen LogP contribution in [-0.4, -0.2) is 25.0 Å². The summed E-state index contributed by atoms with van der Waals surface area (Å²) >= 11 is 5.87. The second-order valence-corrected chi connectivity index (χ2v) is 7.71. The number of anilines is 2. The molecule has 0 bridgehead atoms. The first-order chi connectivity index (χ1) is 12.8. The van der Waals surface area contributed by atoms with Crippen molar-refractivity contribution >= 4 is 34.8 Å². The maximum absolute atomic E-state index is 12.9. The van der Waals surface area contributed by atoms with Gasteiger partial charge in [-0.05, 0) is 56.7 Å². The molecule has 6 heteroatoms. The molecule has 142 valence electrons. The summed E-state index contributed by atoms with van der Waals surface area (Å²) in [5.41, 5.74) is 1.24. The minimum absolute atomic E-state index is 0.0426. The number of ether oxygens (including phenoxy) is 1. The molecule has 0 saturated carbocycles. The van der Waals surface area contributed by atoms with Crippen LogP contribution in [0.2, 0.25) is 5.02 Å². The maximum atomic E-state index is 12.9. The highest BCUT2D eigenvalue weighted by atomic mass is 35.5. The Labute approximate surface area is 164 Å². The molecule has 27 heavy (non-hydrogen) atoms. The Balaban J connectivity index is 1.87. The summed E-state index contributed by atoms with van der Waals surface area (Å²) in [5, 5.41) is 3.44. The summed E-state index contributed by atoms with van der Waals surface area (Å²) in [7, 11) is 0. The van der Waals surface area contributed by atoms with Gasteiger partial charge in [-0.25, -0.2) is 0 Å². The number of amides is 2. The zero-order valence-electron chi connectivity index (χ0n) is 15.7. The lowest BCUT2D eigenvalue weighted by Crippen LogP contribution is -2.42. The molecule has 1 heterocycles. The summed E-state index contributed by atoms with van der Waals surface area (Å²) < 4.78 is 5.92. The maximum Gasteiger partial charge on any atom is 0.255 e. The van der Waals surface area contributed by atoms with Crippen LogP contribution >= 0.6 is 11.6 Å². The van der Waals surface area contributed by atoms with Gasteiger partial charge in [-0.15, -0.1) is 0 Å². The van der Waals surface area contributed by atoms with Crippen LogP contribution in [0.3, 0.4) is 0 Å². The van der Waals surface area contributed by atoms with Crippen LogP contribution in [0.1, 0.15) is 37.6 Å². The molecule has 0 atom stereocenters. The van der Waals surface area contributed by atoms with Crippen LogP contribution in [0.5, 0.6) is 5.75 Å². The Morgan fingerprint density at radius 1 is 1.22 bits per heavy atom. The monoisotopic (exact) mass is 386 g/mol. The Morgan fingerprint density at radius 2 is 1.93 bits per heavy atom. The average molecular weight is 387 g/mol. The van der Waals surface area contributed by atoms with E-state index in [1.807, 2.05) is 26.8 Å². The molecular formula is C21H23ClN2O3. The first-order valence-electron chi connectivity index (χ1n) is 8.97. The minimum atomic E-state index is -0.610. The fourth-order valence-corrected chi connectivity index (χ4v) is 3.10. The number of hydrogen-bond donors (Lipinski definition) is 1. The van der Waals surface area contributed by atoms with Crippen LogP contribution in [-0.2, 0) is 4.79 Å². The molecule has 0 unspecified atom stereocenters. The van der Waals surface area contributed by atoms with Gasteiger partial charge in [0.15, 0.2) is 0 Å². The number of nitrogens with zero attached hydrogens (tertiary/aromatic N) is 1. The molecule has 5 nitrogen and oxygen atoms in total. The number of hydrogen-bond acceptors (Lipinski definition) is 3. The molecule has 0 aliphatic carbocycles. The molecule has 1 N–H and O–H groups in total. The molecule has 0 fully saturated rings. The highest BCUT2D eigenvalue weighted by Crippen LogP contribution is 2.38. The standard InChI is InChI=1S/C21H23ClN2O3/c1-4-11-24-17-10-9-16(12-18(17)27-13-21(2,3)20(24)26)23-19(25)14-5-7-15(22)8-6-14/h5-10,12H,4,11,13H2,1-3H3,(H,23,25). The number of carbonyl (C=O) groups is 2. The number of carbonyl (C=O) groups excluding carboxylic acids is 2. The highest BCUT2D eigenvalue weighted by Gasteiger charge is 2.37. The van der Waals surface area contributed by atoms with Gasteiger partial charge in [0.05, 0.1) is 11.1 Å². The van der Waals surface area contributed by atoms with Crippen molar-refractivity contribution in [3.8, 4) is 5.75 Å². The molecule has 2 aromatic rings. The summed E-state index contributed by atoms with van der Waals surface area (Å²) in [6, 6.07) is 12.1. The summed E-state index contributed by atoms with van der Waals surface area (Å²) in [4.78, 5) is 27.1. The van der Waals surface area contributed by atoms with Crippen molar-refractivity contribution in [3.05, 3.63) is 53.1 Å². The second-order valence-electron chi connectivity index (χ2n) is 7.27. The van der Waals surface area contributed by atoms with Gasteiger partial charge in [-0.1, -0.05) is 18.5 Å². The van der Waals surface area contributed by atoms with Crippen molar-refractivity contribution in [3.63, 3.8) is 0 Å². The van der Waals surface area contributed by atoms with Gasteiger partial charge in [-0.2, -0.15) is 0 Å². The fraction of sp³-hybridized carbons (Fsp3) is 0.333. The van der Waals surface area contributed by atoms with E-state index in [9.17, 15) is 9.59 Å². The molecule has 1 aliphatic rings. The van der Waals surface area contributed by atoms with Gasteiger partial charge in [0.2, 0.25) is 5.91 Å². The topological polar surface area (TPSA) is 58.6 Å². The quantitative estimate of drug-likeness (QED) is 0.824. The molecule has 0 radical (unpaired) electrons. The van der Waals surface area contributed by atoms with Crippen molar-refractivity contribution in [2.75, 3.05) is 23.4 Å². The van der Waals surface area contributed by atoms with Gasteiger partial charge in [0.25, 0.3) is 5.91 Å². The predicted octanol–water partition coefficient (Wildman–Crippen LogP) is 4.75. The largest absolute Gasteiger partial charge is 0.490 e. The smallest absolute Gasteiger partial charge is 0.255 e. The van der Waals surface area contributed by atoms with Crippen LogP contribution in [0, 0.1) is 5.41 Å². The zero-order valence-corrected chi connectivity index (χ0v) is 16.5. The van der Waals surface area contributed by atoms with Crippen LogP contribution in [0.4, 0.5) is 11.4 Å². The number of nitrogens with one attached hydrogen (secondary N) is 1. The van der Waals surface area contributed by atoms with E-state index in [1.165, 1.54) is 0 Å². The lowest BCUT2D eigenvalue weighted by atomic mass is 9.93. The Bertz CT molecular complexity index is 862. The summed E-state index contributed by atoms with van der Waals surface area (Å²) in [6.45, 7) is 6.70. The lowest BCUT2D eigenvalue weighted by molar-refractivity contribution is -0.127. The van der Waals surface area contributed by atoms with E-state index in [2.05, 4.69) is 5.32 Å². The van der Waals surface area contributed by atoms with E-state index < -0.39 is 5.41 Å². The third-order valence-corrected chi connectivity index (χ3v) is 4.73. The number of benzene rings is 2. The number of rotatable bonds is 4. The van der Waals surface area contributed by atoms with E-state index >= 15 is 0 Å². The average Bonchev–Trinajstić information content (AvgIpc) is 2.73. The van der Waals surface area contributed by atoms with Gasteiger partial charge in [-0.3, -0.25) is 9.59 Å². The van der Waals surface area contributed by atoms with Crippen molar-refractivity contribution in [2.24, 2.45) is 5.41 Å². The zero-order chi connectivity index (χ0) is 19.6. The SMILES string of the molecule is CCCN1C(=O)C(C)(C)COc2cc(NC(=O)c3ccc(Cl)cc3)ccc21. The third kappa shape index (κ3) is 4.08. The first kappa shape index (κ1) is 19.2. The molecular weight excluding hydrogens is 364 g/mol. The molecule has 0 aromatic heterocycles. The molecule has 3 rings (SSSR count). The van der Waals surface area contributed by atoms with Crippen molar-refractivity contribution in [1.82, 2.24) is 0 Å². The molecule has 0 spiro atoms. The Morgan fingerprint density at radius 3 is 2.59 bits per heavy atom. The fourth-order valence-electron chi connectivity index (χ4n) is 2.98. The van der Waals surface area contributed by atoms with Gasteiger partial charge in [0, 0.05) is 28.9 Å². The Kier molecular flexibility index (Phi) is 5.42. The van der Waals surface area contributed by atoms with E-state index in [1.54, 1.807) is 41.3 Å². The van der Waals surface area contributed by atoms with Crippen molar-refractivity contribution in [2.45, 2.75) is 27.2 Å². The lowest BCUT2D eigenvalue weighted by Gasteiger charge is -2.27. The second kappa shape index (κ2) is 7.61. The number of fused-ring (bicyclic) bond motifs is 1. The van der Waals surface area contributed by atoms with Gasteiger partial charge >= 0.3 is 0 Å². The van der Waals surface area contributed by atoms with Crippen LogP contribution < -0.4 is 15.0 Å². The van der Waals surface area contributed by atoms with Crippen LogP contribution in [0.25, 0.3) is 0 Å². The van der Waals surface area contributed by atoms with Crippen molar-refractivity contribution in [1.29, 1.82) is 0 Å². The minimum Gasteiger partial charge on any atom is -0.490 e.